The zero-order valence-corrected chi connectivity index (χ0v) is 4.89. The number of nitrogens with zero attached hydrogens (tertiary/aromatic N) is 1. The standard InChI is InChI=1S/C5H5F3N2/c6-3(4(7)8)5-9-1-2-10-5/h1-4H,(H,9,10). The minimum Gasteiger partial charge on any atom is -0.346 e. The second kappa shape index (κ2) is 2.72. The molecular weight excluding hydrogens is 145 g/mol. The van der Waals surface area contributed by atoms with Crippen molar-refractivity contribution in [2.75, 3.05) is 0 Å². The Morgan fingerprint density at radius 3 is 2.50 bits per heavy atom. The van der Waals surface area contributed by atoms with Crippen molar-refractivity contribution < 1.29 is 13.2 Å². The van der Waals surface area contributed by atoms with E-state index in [9.17, 15) is 13.2 Å². The first kappa shape index (κ1) is 7.11. The number of hydrogen-bond donors (Lipinski definition) is 1. The number of halogens is 3. The highest BCUT2D eigenvalue weighted by molar-refractivity contribution is 4.92. The van der Waals surface area contributed by atoms with Crippen LogP contribution in [0.15, 0.2) is 12.4 Å². The van der Waals surface area contributed by atoms with Gasteiger partial charge < -0.3 is 4.98 Å². The van der Waals surface area contributed by atoms with Crippen LogP contribution in [0.4, 0.5) is 13.2 Å². The molecule has 1 heterocycles. The smallest absolute Gasteiger partial charge is 0.276 e. The molecule has 0 amide bonds. The van der Waals surface area contributed by atoms with E-state index in [1.807, 2.05) is 0 Å². The predicted octanol–water partition coefficient (Wildman–Crippen LogP) is 1.69. The van der Waals surface area contributed by atoms with Crippen molar-refractivity contribution in [3.63, 3.8) is 0 Å². The Balaban J connectivity index is 2.68. The summed E-state index contributed by atoms with van der Waals surface area (Å²) in [6.07, 6.45) is -2.78. The summed E-state index contributed by atoms with van der Waals surface area (Å²) >= 11 is 0. The van der Waals surface area contributed by atoms with Gasteiger partial charge in [0, 0.05) is 12.4 Å². The number of hydrogen-bond acceptors (Lipinski definition) is 1. The van der Waals surface area contributed by atoms with Gasteiger partial charge in [-0.1, -0.05) is 0 Å². The quantitative estimate of drug-likeness (QED) is 0.682. The number of alkyl halides is 3. The van der Waals surface area contributed by atoms with E-state index in [1.54, 1.807) is 0 Å². The lowest BCUT2D eigenvalue weighted by Gasteiger charge is -2.00. The highest BCUT2D eigenvalue weighted by atomic mass is 19.3. The lowest BCUT2D eigenvalue weighted by atomic mass is 10.4. The molecule has 0 saturated heterocycles. The SMILES string of the molecule is FC(F)C(F)c1ncc[nH]1. The fourth-order valence-electron chi connectivity index (χ4n) is 0.548. The number of nitrogens with one attached hydrogen (secondary N) is 1. The van der Waals surface area contributed by atoms with Crippen LogP contribution in [0.25, 0.3) is 0 Å². The summed E-state index contributed by atoms with van der Waals surface area (Å²) in [5.41, 5.74) is 0. The highest BCUT2D eigenvalue weighted by Crippen LogP contribution is 2.20. The first-order valence-electron chi connectivity index (χ1n) is 2.63. The van der Waals surface area contributed by atoms with E-state index in [4.69, 9.17) is 0 Å². The van der Waals surface area contributed by atoms with E-state index in [0.29, 0.717) is 0 Å². The summed E-state index contributed by atoms with van der Waals surface area (Å²) in [5.74, 6) is -0.324. The van der Waals surface area contributed by atoms with E-state index in [1.165, 1.54) is 12.4 Å². The highest BCUT2D eigenvalue weighted by Gasteiger charge is 2.23. The summed E-state index contributed by atoms with van der Waals surface area (Å²) in [6.45, 7) is 0. The van der Waals surface area contributed by atoms with Crippen molar-refractivity contribution >= 4 is 0 Å². The van der Waals surface area contributed by atoms with E-state index in [2.05, 4.69) is 9.97 Å². The summed E-state index contributed by atoms with van der Waals surface area (Å²) < 4.78 is 35.4. The largest absolute Gasteiger partial charge is 0.346 e. The third-order valence-corrected chi connectivity index (χ3v) is 1.00. The van der Waals surface area contributed by atoms with Crippen LogP contribution in [0.5, 0.6) is 0 Å². The maximum Gasteiger partial charge on any atom is 0.276 e. The molecule has 1 atom stereocenters. The molecule has 0 bridgehead atoms. The van der Waals surface area contributed by atoms with Gasteiger partial charge in [0.25, 0.3) is 6.43 Å². The van der Waals surface area contributed by atoms with Crippen LogP contribution in [0.2, 0.25) is 0 Å². The van der Waals surface area contributed by atoms with Crippen LogP contribution >= 0.6 is 0 Å². The second-order valence-corrected chi connectivity index (χ2v) is 1.71. The molecule has 0 aromatic carbocycles. The maximum atomic E-state index is 12.2. The summed E-state index contributed by atoms with van der Waals surface area (Å²) in [6, 6.07) is 0. The van der Waals surface area contributed by atoms with Crippen molar-refractivity contribution in [2.45, 2.75) is 12.6 Å². The molecule has 0 spiro atoms. The van der Waals surface area contributed by atoms with Crippen molar-refractivity contribution in [3.8, 4) is 0 Å². The molecule has 0 saturated carbocycles. The van der Waals surface area contributed by atoms with Crippen molar-refractivity contribution in [3.05, 3.63) is 18.2 Å². The van der Waals surface area contributed by atoms with Gasteiger partial charge in [0.2, 0.25) is 6.17 Å². The maximum absolute atomic E-state index is 12.2. The molecular formula is C5H5F3N2. The average molecular weight is 150 g/mol. The lowest BCUT2D eigenvalue weighted by molar-refractivity contribution is 0.0452. The van der Waals surface area contributed by atoms with Gasteiger partial charge in [0.15, 0.2) is 0 Å². The summed E-state index contributed by atoms with van der Waals surface area (Å²) in [7, 11) is 0. The molecule has 5 heteroatoms. The Morgan fingerprint density at radius 1 is 1.40 bits per heavy atom. The molecule has 1 N–H and O–H groups in total. The van der Waals surface area contributed by atoms with Gasteiger partial charge in [0.1, 0.15) is 5.82 Å². The van der Waals surface area contributed by atoms with E-state index >= 15 is 0 Å². The Hall–Kier alpha value is -1.00. The molecule has 0 aliphatic rings. The fraction of sp³-hybridized carbons (Fsp3) is 0.400. The van der Waals surface area contributed by atoms with Crippen LogP contribution in [0.1, 0.15) is 12.0 Å². The molecule has 0 radical (unpaired) electrons. The molecule has 1 aromatic heterocycles. The molecule has 56 valence electrons. The van der Waals surface area contributed by atoms with Gasteiger partial charge in [-0.15, -0.1) is 0 Å². The molecule has 10 heavy (non-hydrogen) atoms. The van der Waals surface area contributed by atoms with Crippen LogP contribution in [-0.4, -0.2) is 16.4 Å². The van der Waals surface area contributed by atoms with Gasteiger partial charge in [-0.05, 0) is 0 Å². The fourth-order valence-corrected chi connectivity index (χ4v) is 0.548. The second-order valence-electron chi connectivity index (χ2n) is 1.71. The van der Waals surface area contributed by atoms with Crippen LogP contribution < -0.4 is 0 Å². The van der Waals surface area contributed by atoms with Crippen molar-refractivity contribution in [2.24, 2.45) is 0 Å². The zero-order chi connectivity index (χ0) is 7.56. The number of rotatable bonds is 2. The van der Waals surface area contributed by atoms with Gasteiger partial charge in [0.05, 0.1) is 0 Å². The Labute approximate surface area is 55.1 Å². The first-order valence-corrected chi connectivity index (χ1v) is 2.63. The van der Waals surface area contributed by atoms with Crippen LogP contribution in [-0.2, 0) is 0 Å². The Kier molecular flexibility index (Phi) is 1.94. The minimum atomic E-state index is -3.01. The summed E-state index contributed by atoms with van der Waals surface area (Å²) in [5, 5.41) is 0. The number of aromatic nitrogens is 2. The minimum absolute atomic E-state index is 0.324. The lowest BCUT2D eigenvalue weighted by Crippen LogP contribution is -2.04. The third kappa shape index (κ3) is 1.29. The van der Waals surface area contributed by atoms with Gasteiger partial charge in [-0.3, -0.25) is 0 Å². The van der Waals surface area contributed by atoms with Gasteiger partial charge >= 0.3 is 0 Å². The average Bonchev–Trinajstić information content (AvgIpc) is 2.36. The van der Waals surface area contributed by atoms with Crippen molar-refractivity contribution in [1.82, 2.24) is 9.97 Å². The molecule has 1 rings (SSSR count). The van der Waals surface area contributed by atoms with Crippen LogP contribution in [0.3, 0.4) is 0 Å². The van der Waals surface area contributed by atoms with Crippen molar-refractivity contribution in [1.29, 1.82) is 0 Å². The number of imidazole rings is 1. The predicted molar refractivity (Wildman–Crippen MR) is 28.4 cm³/mol. The number of aromatic amines is 1. The zero-order valence-electron chi connectivity index (χ0n) is 4.89. The molecule has 0 aliphatic carbocycles. The molecule has 1 aromatic rings. The topological polar surface area (TPSA) is 28.7 Å². The van der Waals surface area contributed by atoms with E-state index < -0.39 is 12.6 Å². The molecule has 0 fully saturated rings. The molecule has 1 unspecified atom stereocenters. The number of H-pyrrole nitrogens is 1. The Morgan fingerprint density at radius 2 is 2.10 bits per heavy atom. The normalized spacial score (nSPS) is 14.0. The summed E-state index contributed by atoms with van der Waals surface area (Å²) in [4.78, 5) is 5.58. The van der Waals surface area contributed by atoms with Gasteiger partial charge in [-0.2, -0.15) is 0 Å². The monoisotopic (exact) mass is 150 g/mol. The third-order valence-electron chi connectivity index (χ3n) is 1.00. The van der Waals surface area contributed by atoms with Gasteiger partial charge in [-0.25, -0.2) is 18.2 Å². The molecule has 0 aliphatic heterocycles. The first-order chi connectivity index (χ1) is 4.72. The molecule has 2 nitrogen and oxygen atoms in total. The van der Waals surface area contributed by atoms with E-state index in [-0.39, 0.29) is 5.82 Å². The Bertz CT molecular complexity index is 185. The van der Waals surface area contributed by atoms with Crippen LogP contribution in [0, 0.1) is 0 Å². The van der Waals surface area contributed by atoms with E-state index in [0.717, 1.165) is 0 Å².